The number of rotatable bonds is 6. The summed E-state index contributed by atoms with van der Waals surface area (Å²) in [6.07, 6.45) is 1.00. The van der Waals surface area contributed by atoms with Crippen molar-refractivity contribution in [3.63, 3.8) is 0 Å². The van der Waals surface area contributed by atoms with Crippen molar-refractivity contribution in [2.24, 2.45) is 0 Å². The molecule has 2 nitrogen and oxygen atoms in total. The monoisotopic (exact) mass is 328 g/mol. The van der Waals surface area contributed by atoms with Crippen molar-refractivity contribution in [2.45, 2.75) is 24.0 Å². The molecule has 0 spiro atoms. The normalized spacial score (nSPS) is 10.7. The van der Waals surface area contributed by atoms with E-state index < -0.39 is 11.6 Å². The smallest absolute Gasteiger partial charge is 0.159 e. The summed E-state index contributed by atoms with van der Waals surface area (Å²) in [5.41, 5.74) is 0.715. The highest BCUT2D eigenvalue weighted by molar-refractivity contribution is 7.98. The molecule has 1 aromatic heterocycles. The van der Waals surface area contributed by atoms with E-state index in [9.17, 15) is 8.78 Å². The Balaban J connectivity index is 2.06. The number of thioether (sulfide) groups is 1. The summed E-state index contributed by atoms with van der Waals surface area (Å²) in [5.74, 6) is -0.438. The second-order valence-corrected chi connectivity index (χ2v) is 5.87. The van der Waals surface area contributed by atoms with E-state index in [4.69, 9.17) is 11.6 Å². The average Bonchev–Trinajstić information content (AvgIpc) is 2.48. The van der Waals surface area contributed by atoms with Crippen LogP contribution in [0.3, 0.4) is 0 Å². The first-order chi connectivity index (χ1) is 10.1. The van der Waals surface area contributed by atoms with Gasteiger partial charge in [0.2, 0.25) is 0 Å². The molecule has 1 aromatic carbocycles. The molecule has 6 heteroatoms. The number of nitrogens with zero attached hydrogens (tertiary/aromatic N) is 1. The van der Waals surface area contributed by atoms with E-state index in [1.54, 1.807) is 6.07 Å². The number of hydrogen-bond acceptors (Lipinski definition) is 3. The minimum atomic E-state index is -0.850. The Labute approximate surface area is 131 Å². The van der Waals surface area contributed by atoms with Crippen molar-refractivity contribution in [1.82, 2.24) is 4.98 Å². The van der Waals surface area contributed by atoms with Crippen molar-refractivity contribution >= 4 is 29.2 Å². The van der Waals surface area contributed by atoms with E-state index in [0.717, 1.165) is 24.8 Å². The van der Waals surface area contributed by atoms with Crippen molar-refractivity contribution < 1.29 is 8.78 Å². The fourth-order valence-electron chi connectivity index (χ4n) is 1.66. The van der Waals surface area contributed by atoms with E-state index in [1.807, 2.05) is 6.07 Å². The first kappa shape index (κ1) is 16.0. The van der Waals surface area contributed by atoms with E-state index in [-0.39, 0.29) is 0 Å². The lowest BCUT2D eigenvalue weighted by atomic mass is 10.3. The van der Waals surface area contributed by atoms with E-state index in [0.29, 0.717) is 21.4 Å². The van der Waals surface area contributed by atoms with Gasteiger partial charge in [0.05, 0.1) is 10.7 Å². The second-order valence-electron chi connectivity index (χ2n) is 4.42. The molecule has 2 rings (SSSR count). The lowest BCUT2D eigenvalue weighted by Crippen LogP contribution is -2.03. The maximum absolute atomic E-state index is 13.1. The van der Waals surface area contributed by atoms with Crippen molar-refractivity contribution in [3.8, 4) is 0 Å². The number of benzene rings is 1. The Morgan fingerprint density at radius 1 is 1.19 bits per heavy atom. The van der Waals surface area contributed by atoms with Gasteiger partial charge in [0, 0.05) is 17.2 Å². The summed E-state index contributed by atoms with van der Waals surface area (Å²) >= 11 is 7.48. The third-order valence-electron chi connectivity index (χ3n) is 2.74. The van der Waals surface area contributed by atoms with Gasteiger partial charge in [0.25, 0.3) is 0 Å². The highest BCUT2D eigenvalue weighted by atomic mass is 35.5. The highest BCUT2D eigenvalue weighted by Crippen LogP contribution is 2.27. The summed E-state index contributed by atoms with van der Waals surface area (Å²) in [5, 5.41) is 3.75. The molecule has 0 radical (unpaired) electrons. The maximum Gasteiger partial charge on any atom is 0.159 e. The minimum Gasteiger partial charge on any atom is -0.370 e. The van der Waals surface area contributed by atoms with Crippen LogP contribution in [0.2, 0.25) is 5.02 Å². The zero-order valence-electron chi connectivity index (χ0n) is 11.5. The van der Waals surface area contributed by atoms with Gasteiger partial charge in [-0.2, -0.15) is 0 Å². The molecule has 0 aliphatic carbocycles. The average molecular weight is 329 g/mol. The largest absolute Gasteiger partial charge is 0.370 e. The molecule has 0 aliphatic heterocycles. The van der Waals surface area contributed by atoms with Crippen LogP contribution < -0.4 is 5.32 Å². The predicted octanol–water partition coefficient (Wildman–Crippen LogP) is 5.13. The molecule has 1 heterocycles. The first-order valence-electron chi connectivity index (χ1n) is 6.57. The van der Waals surface area contributed by atoms with Gasteiger partial charge in [-0.25, -0.2) is 13.8 Å². The van der Waals surface area contributed by atoms with Crippen molar-refractivity contribution in [2.75, 3.05) is 11.9 Å². The van der Waals surface area contributed by atoms with E-state index in [1.165, 1.54) is 23.9 Å². The molecule has 0 aliphatic rings. The van der Waals surface area contributed by atoms with Gasteiger partial charge in [-0.1, -0.05) is 18.5 Å². The molecule has 0 atom stereocenters. The van der Waals surface area contributed by atoms with Crippen LogP contribution >= 0.6 is 23.4 Å². The van der Waals surface area contributed by atoms with Crippen LogP contribution in [-0.2, 0) is 5.75 Å². The van der Waals surface area contributed by atoms with Gasteiger partial charge in [0.1, 0.15) is 5.82 Å². The van der Waals surface area contributed by atoms with Crippen LogP contribution in [0.15, 0.2) is 35.2 Å². The second kappa shape index (κ2) is 7.61. The summed E-state index contributed by atoms with van der Waals surface area (Å²) in [6, 6.07) is 7.44. The highest BCUT2D eigenvalue weighted by Gasteiger charge is 2.07. The molecule has 0 amide bonds. The van der Waals surface area contributed by atoms with E-state index >= 15 is 0 Å². The number of hydrogen-bond donors (Lipinski definition) is 1. The maximum atomic E-state index is 13.1. The fraction of sp³-hybridized carbons (Fsp3) is 0.267. The third kappa shape index (κ3) is 4.58. The molecule has 2 aromatic rings. The quantitative estimate of drug-likeness (QED) is 0.744. The topological polar surface area (TPSA) is 24.9 Å². The Morgan fingerprint density at radius 3 is 2.71 bits per heavy atom. The third-order valence-corrected chi connectivity index (χ3v) is 4.09. The summed E-state index contributed by atoms with van der Waals surface area (Å²) in [6.45, 7) is 2.91. The Bertz CT molecular complexity index is 623. The molecule has 21 heavy (non-hydrogen) atoms. The molecule has 0 saturated carbocycles. The number of nitrogens with one attached hydrogen (secondary N) is 1. The number of halogens is 3. The molecule has 112 valence electrons. The van der Waals surface area contributed by atoms with Gasteiger partial charge < -0.3 is 5.32 Å². The van der Waals surface area contributed by atoms with Crippen molar-refractivity contribution in [1.29, 1.82) is 0 Å². The minimum absolute atomic E-state index is 0.492. The Hall–Kier alpha value is -1.33. The number of aromatic nitrogens is 1. The SMILES string of the molecule is CCCNc1ccc(Cl)c(CSc2ccc(F)c(F)c2)n1. The standard InChI is InChI=1S/C15H15ClF2N2S/c1-2-7-19-15-6-4-11(16)14(20-15)9-21-10-3-5-12(17)13(18)8-10/h3-6,8H,2,7,9H2,1H3,(H,19,20). The molecule has 0 bridgehead atoms. The predicted molar refractivity (Wildman–Crippen MR) is 83.9 cm³/mol. The Kier molecular flexibility index (Phi) is 5.82. The van der Waals surface area contributed by atoms with Gasteiger partial charge >= 0.3 is 0 Å². The van der Waals surface area contributed by atoms with Gasteiger partial charge in [-0.15, -0.1) is 11.8 Å². The van der Waals surface area contributed by atoms with Gasteiger partial charge in [-0.05, 0) is 36.8 Å². The first-order valence-corrected chi connectivity index (χ1v) is 7.93. The zero-order valence-corrected chi connectivity index (χ0v) is 13.1. The van der Waals surface area contributed by atoms with Crippen LogP contribution in [0.4, 0.5) is 14.6 Å². The molecule has 1 N–H and O–H groups in total. The van der Waals surface area contributed by atoms with Crippen LogP contribution in [0, 0.1) is 11.6 Å². The van der Waals surface area contributed by atoms with Crippen LogP contribution in [0.5, 0.6) is 0 Å². The number of anilines is 1. The van der Waals surface area contributed by atoms with Crippen LogP contribution in [0.25, 0.3) is 0 Å². The van der Waals surface area contributed by atoms with E-state index in [2.05, 4.69) is 17.2 Å². The molecule has 0 unspecified atom stereocenters. The molecule has 0 fully saturated rings. The molecular formula is C15H15ClF2N2S. The number of pyridine rings is 1. The van der Waals surface area contributed by atoms with Crippen LogP contribution in [-0.4, -0.2) is 11.5 Å². The summed E-state index contributed by atoms with van der Waals surface area (Å²) in [4.78, 5) is 5.07. The van der Waals surface area contributed by atoms with Gasteiger partial charge in [-0.3, -0.25) is 0 Å². The van der Waals surface area contributed by atoms with Crippen molar-refractivity contribution in [3.05, 3.63) is 52.7 Å². The fourth-order valence-corrected chi connectivity index (χ4v) is 2.78. The summed E-state index contributed by atoms with van der Waals surface area (Å²) < 4.78 is 26.0. The molecule has 0 saturated heterocycles. The van der Waals surface area contributed by atoms with Gasteiger partial charge in [0.15, 0.2) is 11.6 Å². The lowest BCUT2D eigenvalue weighted by molar-refractivity contribution is 0.506. The van der Waals surface area contributed by atoms with Crippen LogP contribution in [0.1, 0.15) is 19.0 Å². The summed E-state index contributed by atoms with van der Waals surface area (Å²) in [7, 11) is 0. The zero-order chi connectivity index (χ0) is 15.2. The lowest BCUT2D eigenvalue weighted by Gasteiger charge is -2.08. The Morgan fingerprint density at radius 2 is 2.00 bits per heavy atom. The molecular weight excluding hydrogens is 314 g/mol.